The fourth-order valence-electron chi connectivity index (χ4n) is 4.25. The molecule has 156 valence electrons. The third-order valence-electron chi connectivity index (χ3n) is 6.09. The van der Waals surface area contributed by atoms with E-state index in [9.17, 15) is 4.79 Å². The van der Waals surface area contributed by atoms with Gasteiger partial charge < -0.3 is 15.5 Å². The summed E-state index contributed by atoms with van der Waals surface area (Å²) in [7, 11) is 3.60. The average molecular weight is 406 g/mol. The number of nitrogens with one attached hydrogen (secondary N) is 2. The van der Waals surface area contributed by atoms with Gasteiger partial charge in [-0.05, 0) is 62.1 Å². The van der Waals surface area contributed by atoms with Crippen LogP contribution >= 0.6 is 11.3 Å². The highest BCUT2D eigenvalue weighted by Crippen LogP contribution is 2.22. The Bertz CT molecular complexity index is 617. The molecule has 2 N–H and O–H groups in total. The summed E-state index contributed by atoms with van der Waals surface area (Å²) in [4.78, 5) is 22.5. The first-order valence-corrected chi connectivity index (χ1v) is 11.5. The van der Waals surface area contributed by atoms with E-state index in [-0.39, 0.29) is 5.91 Å². The normalized spacial score (nSPS) is 20.4. The summed E-state index contributed by atoms with van der Waals surface area (Å²) in [5.41, 5.74) is 0. The molecule has 0 bridgehead atoms. The van der Waals surface area contributed by atoms with Crippen molar-refractivity contribution in [2.75, 3.05) is 46.8 Å². The van der Waals surface area contributed by atoms with Crippen LogP contribution in [-0.2, 0) is 11.3 Å². The molecule has 0 saturated carbocycles. The number of thiophene rings is 1. The fourth-order valence-corrected chi connectivity index (χ4v) is 5.00. The summed E-state index contributed by atoms with van der Waals surface area (Å²) in [5, 5.41) is 8.52. The Labute approximate surface area is 173 Å². The molecule has 0 radical (unpaired) electrons. The first-order valence-electron chi connectivity index (χ1n) is 10.6. The standard InChI is InChI=1S/C21H35N5OS/c1-22-20(27)14-17-7-11-26(12-8-17)21(23-2)24-15-18-5-9-25(10-6-18)16-19-4-3-13-28-19/h3-4,13,17-18H,5-12,14-16H2,1-2H3,(H,22,27)(H,23,24). The van der Waals surface area contributed by atoms with E-state index in [1.54, 1.807) is 7.05 Å². The second-order valence-corrected chi connectivity index (χ2v) is 9.07. The minimum atomic E-state index is 0.159. The largest absolute Gasteiger partial charge is 0.359 e. The van der Waals surface area contributed by atoms with Gasteiger partial charge in [0.2, 0.25) is 5.91 Å². The number of aliphatic imine (C=N–C) groups is 1. The highest BCUT2D eigenvalue weighted by Gasteiger charge is 2.24. The minimum absolute atomic E-state index is 0.159. The maximum Gasteiger partial charge on any atom is 0.220 e. The van der Waals surface area contributed by atoms with Crippen molar-refractivity contribution < 1.29 is 4.79 Å². The van der Waals surface area contributed by atoms with Crippen LogP contribution in [0.1, 0.15) is 37.0 Å². The number of amides is 1. The van der Waals surface area contributed by atoms with Gasteiger partial charge in [0.05, 0.1) is 0 Å². The number of hydrogen-bond donors (Lipinski definition) is 2. The van der Waals surface area contributed by atoms with Crippen LogP contribution in [0.5, 0.6) is 0 Å². The van der Waals surface area contributed by atoms with Crippen molar-refractivity contribution in [3.8, 4) is 0 Å². The number of nitrogens with zero attached hydrogens (tertiary/aromatic N) is 3. The van der Waals surface area contributed by atoms with Crippen molar-refractivity contribution in [3.05, 3.63) is 22.4 Å². The van der Waals surface area contributed by atoms with Crippen molar-refractivity contribution >= 4 is 23.2 Å². The molecule has 2 aliphatic rings. The lowest BCUT2D eigenvalue weighted by atomic mass is 9.93. The van der Waals surface area contributed by atoms with Gasteiger partial charge in [0.15, 0.2) is 5.96 Å². The summed E-state index contributed by atoms with van der Waals surface area (Å²) < 4.78 is 0. The van der Waals surface area contributed by atoms with E-state index in [2.05, 4.69) is 42.9 Å². The van der Waals surface area contributed by atoms with Gasteiger partial charge in [-0.15, -0.1) is 11.3 Å². The number of carbonyl (C=O) groups excluding carboxylic acids is 1. The third-order valence-corrected chi connectivity index (χ3v) is 6.96. The fraction of sp³-hybridized carbons (Fsp3) is 0.714. The van der Waals surface area contributed by atoms with Crippen molar-refractivity contribution in [1.82, 2.24) is 20.4 Å². The number of hydrogen-bond acceptors (Lipinski definition) is 4. The van der Waals surface area contributed by atoms with Gasteiger partial charge in [-0.2, -0.15) is 0 Å². The molecule has 1 aromatic rings. The van der Waals surface area contributed by atoms with Gasteiger partial charge in [0, 0.05) is 51.6 Å². The highest BCUT2D eigenvalue weighted by molar-refractivity contribution is 7.09. The molecule has 2 saturated heterocycles. The SMILES string of the molecule is CN=C(NCC1CCN(Cc2cccs2)CC1)N1CCC(CC(=O)NC)CC1. The van der Waals surface area contributed by atoms with Crippen LogP contribution in [-0.4, -0.2) is 68.5 Å². The summed E-state index contributed by atoms with van der Waals surface area (Å²) in [6.07, 6.45) is 5.29. The lowest BCUT2D eigenvalue weighted by molar-refractivity contribution is -0.121. The second kappa shape index (κ2) is 10.8. The molecular formula is C21H35N5OS. The topological polar surface area (TPSA) is 60.0 Å². The molecule has 6 nitrogen and oxygen atoms in total. The second-order valence-electron chi connectivity index (χ2n) is 8.03. The van der Waals surface area contributed by atoms with Crippen LogP contribution in [0.4, 0.5) is 0 Å². The maximum absolute atomic E-state index is 11.6. The predicted molar refractivity (Wildman–Crippen MR) is 117 cm³/mol. The van der Waals surface area contributed by atoms with Crippen LogP contribution in [0.15, 0.2) is 22.5 Å². The highest BCUT2D eigenvalue weighted by atomic mass is 32.1. The molecular weight excluding hydrogens is 370 g/mol. The average Bonchev–Trinajstić information content (AvgIpc) is 3.23. The molecule has 3 heterocycles. The molecule has 3 rings (SSSR count). The van der Waals surface area contributed by atoms with Crippen molar-refractivity contribution in [2.24, 2.45) is 16.8 Å². The summed E-state index contributed by atoms with van der Waals surface area (Å²) in [6.45, 7) is 6.46. The quantitative estimate of drug-likeness (QED) is 0.564. The zero-order chi connectivity index (χ0) is 19.8. The smallest absolute Gasteiger partial charge is 0.220 e. The lowest BCUT2D eigenvalue weighted by Crippen LogP contribution is -2.48. The molecule has 7 heteroatoms. The van der Waals surface area contributed by atoms with Crippen LogP contribution in [0, 0.1) is 11.8 Å². The van der Waals surface area contributed by atoms with Crippen molar-refractivity contribution in [1.29, 1.82) is 0 Å². The predicted octanol–water partition coefficient (Wildman–Crippen LogP) is 2.38. The van der Waals surface area contributed by atoms with E-state index >= 15 is 0 Å². The molecule has 1 aromatic heterocycles. The Morgan fingerprint density at radius 2 is 1.89 bits per heavy atom. The Morgan fingerprint density at radius 1 is 1.18 bits per heavy atom. The van der Waals surface area contributed by atoms with E-state index in [0.29, 0.717) is 12.3 Å². The van der Waals surface area contributed by atoms with Crippen molar-refractivity contribution in [3.63, 3.8) is 0 Å². The molecule has 2 fully saturated rings. The van der Waals surface area contributed by atoms with E-state index in [0.717, 1.165) is 50.9 Å². The van der Waals surface area contributed by atoms with E-state index in [1.165, 1.54) is 30.8 Å². The summed E-state index contributed by atoms with van der Waals surface area (Å²) >= 11 is 1.86. The van der Waals surface area contributed by atoms with Gasteiger partial charge in [-0.3, -0.25) is 14.7 Å². The third kappa shape index (κ3) is 6.21. The Balaban J connectivity index is 1.35. The number of piperidine rings is 2. The van der Waals surface area contributed by atoms with Gasteiger partial charge >= 0.3 is 0 Å². The molecule has 0 aliphatic carbocycles. The molecule has 28 heavy (non-hydrogen) atoms. The van der Waals surface area contributed by atoms with Gasteiger partial charge in [0.25, 0.3) is 0 Å². The number of carbonyl (C=O) groups is 1. The molecule has 0 aromatic carbocycles. The van der Waals surface area contributed by atoms with Crippen LogP contribution in [0.2, 0.25) is 0 Å². The summed E-state index contributed by atoms with van der Waals surface area (Å²) in [5.74, 6) is 2.41. The van der Waals surface area contributed by atoms with Crippen LogP contribution in [0.3, 0.4) is 0 Å². The first-order chi connectivity index (χ1) is 13.7. The molecule has 1 amide bonds. The molecule has 0 spiro atoms. The summed E-state index contributed by atoms with van der Waals surface area (Å²) in [6, 6.07) is 4.38. The van der Waals surface area contributed by atoms with Gasteiger partial charge in [0.1, 0.15) is 0 Å². The maximum atomic E-state index is 11.6. The Kier molecular flexibility index (Phi) is 8.15. The Hall–Kier alpha value is -1.60. The number of guanidine groups is 1. The van der Waals surface area contributed by atoms with Crippen LogP contribution < -0.4 is 10.6 Å². The van der Waals surface area contributed by atoms with Gasteiger partial charge in [-0.1, -0.05) is 6.07 Å². The zero-order valence-electron chi connectivity index (χ0n) is 17.3. The van der Waals surface area contributed by atoms with E-state index < -0.39 is 0 Å². The zero-order valence-corrected chi connectivity index (χ0v) is 18.1. The molecule has 2 aliphatic heterocycles. The molecule has 0 unspecified atom stereocenters. The van der Waals surface area contributed by atoms with Crippen molar-refractivity contribution in [2.45, 2.75) is 38.6 Å². The van der Waals surface area contributed by atoms with Crippen LogP contribution in [0.25, 0.3) is 0 Å². The first kappa shape index (κ1) is 21.1. The number of rotatable bonds is 6. The Morgan fingerprint density at radius 3 is 2.50 bits per heavy atom. The minimum Gasteiger partial charge on any atom is -0.359 e. The molecule has 0 atom stereocenters. The number of likely N-dealkylation sites (tertiary alicyclic amines) is 2. The van der Waals surface area contributed by atoms with E-state index in [4.69, 9.17) is 0 Å². The lowest BCUT2D eigenvalue weighted by Gasteiger charge is -2.36. The monoisotopic (exact) mass is 405 g/mol. The van der Waals surface area contributed by atoms with Gasteiger partial charge in [-0.25, -0.2) is 0 Å². The van der Waals surface area contributed by atoms with E-state index in [1.807, 2.05) is 18.4 Å².